The molecule has 2 aromatic heterocycles. The average Bonchev–Trinajstić information content (AvgIpc) is 2.75. The number of nitrogens with one attached hydrogen (secondary N) is 1. The first-order valence-electron chi connectivity index (χ1n) is 5.30. The van der Waals surface area contributed by atoms with E-state index in [1.807, 2.05) is 13.0 Å². The molecule has 0 fully saturated rings. The second kappa shape index (κ2) is 5.81. The molecule has 0 amide bonds. The number of aromatic nitrogens is 2. The number of nitrogens with zero attached hydrogens (tertiary/aromatic N) is 2. The number of hydrazine groups is 1. The highest BCUT2D eigenvalue weighted by molar-refractivity contribution is 7.99. The number of aryl methyl sites for hydroxylation is 1. The third-order valence-corrected chi connectivity index (χ3v) is 4.31. The first kappa shape index (κ1) is 13.5. The van der Waals surface area contributed by atoms with Crippen LogP contribution in [0.1, 0.15) is 4.88 Å². The van der Waals surface area contributed by atoms with E-state index in [1.54, 1.807) is 11.3 Å². The maximum absolute atomic E-state index is 9.37. The lowest BCUT2D eigenvalue weighted by Gasteiger charge is -2.07. The predicted octanol–water partition coefficient (Wildman–Crippen LogP) is 0.731. The van der Waals surface area contributed by atoms with Crippen molar-refractivity contribution < 1.29 is 10.2 Å². The molecule has 2 rings (SSSR count). The van der Waals surface area contributed by atoms with E-state index >= 15 is 0 Å². The van der Waals surface area contributed by atoms with Gasteiger partial charge in [-0.25, -0.2) is 15.8 Å². The molecule has 0 spiro atoms. The van der Waals surface area contributed by atoms with Crippen LogP contribution in [0.15, 0.2) is 11.1 Å². The fraction of sp³-hybridized carbons (Fsp3) is 0.400. The molecule has 8 heteroatoms. The van der Waals surface area contributed by atoms with Crippen LogP contribution in [0.25, 0.3) is 10.2 Å². The minimum atomic E-state index is -0.756. The van der Waals surface area contributed by atoms with Gasteiger partial charge in [-0.3, -0.25) is 5.43 Å². The van der Waals surface area contributed by atoms with Crippen LogP contribution in [0.5, 0.6) is 0 Å². The van der Waals surface area contributed by atoms with E-state index in [-0.39, 0.29) is 6.61 Å². The first-order valence-corrected chi connectivity index (χ1v) is 7.10. The molecule has 0 aromatic carbocycles. The molecule has 1 atom stereocenters. The Morgan fingerprint density at radius 2 is 2.33 bits per heavy atom. The number of thiophene rings is 1. The third-order valence-electron chi connectivity index (χ3n) is 2.23. The maximum Gasteiger partial charge on any atom is 0.239 e. The minimum Gasteiger partial charge on any atom is -0.394 e. The zero-order valence-corrected chi connectivity index (χ0v) is 11.4. The Bertz CT molecular complexity index is 546. The molecule has 0 bridgehead atoms. The number of rotatable bonds is 5. The number of thioether (sulfide) groups is 1. The van der Waals surface area contributed by atoms with Gasteiger partial charge in [-0.05, 0) is 13.0 Å². The molecule has 18 heavy (non-hydrogen) atoms. The zero-order valence-electron chi connectivity index (χ0n) is 9.75. The molecule has 0 radical (unpaired) electrons. The van der Waals surface area contributed by atoms with Gasteiger partial charge in [0.15, 0.2) is 0 Å². The molecule has 2 aromatic rings. The summed E-state index contributed by atoms with van der Waals surface area (Å²) < 4.78 is 0. The van der Waals surface area contributed by atoms with Crippen molar-refractivity contribution in [3.05, 3.63) is 10.9 Å². The van der Waals surface area contributed by atoms with Crippen LogP contribution in [-0.4, -0.2) is 38.6 Å². The van der Waals surface area contributed by atoms with Gasteiger partial charge in [0.05, 0.1) is 12.7 Å². The van der Waals surface area contributed by atoms with Crippen molar-refractivity contribution in [2.75, 3.05) is 17.8 Å². The highest BCUT2D eigenvalue weighted by atomic mass is 32.2. The predicted molar refractivity (Wildman–Crippen MR) is 73.8 cm³/mol. The minimum absolute atomic E-state index is 0.258. The van der Waals surface area contributed by atoms with Crippen LogP contribution in [0.4, 0.5) is 5.95 Å². The van der Waals surface area contributed by atoms with Crippen LogP contribution in [0.2, 0.25) is 0 Å². The summed E-state index contributed by atoms with van der Waals surface area (Å²) in [5.74, 6) is 6.06. The lowest BCUT2D eigenvalue weighted by molar-refractivity contribution is 0.113. The van der Waals surface area contributed by atoms with E-state index in [2.05, 4.69) is 15.4 Å². The molecule has 5 N–H and O–H groups in total. The fourth-order valence-corrected chi connectivity index (χ4v) is 3.28. The highest BCUT2D eigenvalue weighted by Gasteiger charge is 2.12. The van der Waals surface area contributed by atoms with E-state index < -0.39 is 6.10 Å². The van der Waals surface area contributed by atoms with Gasteiger partial charge in [-0.1, -0.05) is 0 Å². The Labute approximate surface area is 112 Å². The highest BCUT2D eigenvalue weighted by Crippen LogP contribution is 2.32. The van der Waals surface area contributed by atoms with Gasteiger partial charge in [0, 0.05) is 16.0 Å². The number of aliphatic hydroxyl groups is 2. The van der Waals surface area contributed by atoms with Gasteiger partial charge in [0.2, 0.25) is 5.95 Å². The number of nitrogen functional groups attached to an aromatic ring is 1. The number of hydrogen-bond acceptors (Lipinski definition) is 8. The molecule has 0 aliphatic heterocycles. The molecular weight excluding hydrogens is 272 g/mol. The summed E-state index contributed by atoms with van der Waals surface area (Å²) in [4.78, 5) is 10.5. The largest absolute Gasteiger partial charge is 0.394 e. The number of nitrogens with two attached hydrogens (primary N) is 1. The van der Waals surface area contributed by atoms with E-state index in [9.17, 15) is 5.11 Å². The van der Waals surface area contributed by atoms with Crippen molar-refractivity contribution in [2.24, 2.45) is 5.84 Å². The second-order valence-electron chi connectivity index (χ2n) is 3.72. The number of anilines is 1. The Kier molecular flexibility index (Phi) is 4.36. The van der Waals surface area contributed by atoms with Gasteiger partial charge < -0.3 is 10.2 Å². The van der Waals surface area contributed by atoms with E-state index in [0.29, 0.717) is 11.7 Å². The molecule has 0 saturated heterocycles. The SMILES string of the molecule is Cc1cc2c(SCC(O)CO)nc(NN)nc2s1. The van der Waals surface area contributed by atoms with Gasteiger partial charge in [-0.15, -0.1) is 23.1 Å². The summed E-state index contributed by atoms with van der Waals surface area (Å²) in [6.45, 7) is 1.74. The Morgan fingerprint density at radius 1 is 1.56 bits per heavy atom. The first-order chi connectivity index (χ1) is 8.63. The normalized spacial score (nSPS) is 12.9. The van der Waals surface area contributed by atoms with Crippen molar-refractivity contribution in [1.29, 1.82) is 0 Å². The van der Waals surface area contributed by atoms with E-state index in [0.717, 1.165) is 20.1 Å². The van der Waals surface area contributed by atoms with E-state index in [1.165, 1.54) is 11.8 Å². The van der Waals surface area contributed by atoms with Crippen LogP contribution in [0.3, 0.4) is 0 Å². The molecule has 0 aliphatic carbocycles. The molecule has 98 valence electrons. The fourth-order valence-electron chi connectivity index (χ4n) is 1.42. The number of hydrogen-bond donors (Lipinski definition) is 4. The van der Waals surface area contributed by atoms with Gasteiger partial charge >= 0.3 is 0 Å². The monoisotopic (exact) mass is 286 g/mol. The van der Waals surface area contributed by atoms with Crippen LogP contribution in [-0.2, 0) is 0 Å². The molecular formula is C10H14N4O2S2. The van der Waals surface area contributed by atoms with Crippen molar-refractivity contribution in [1.82, 2.24) is 9.97 Å². The lowest BCUT2D eigenvalue weighted by atomic mass is 10.4. The molecule has 0 aliphatic rings. The van der Waals surface area contributed by atoms with Gasteiger partial charge in [0.25, 0.3) is 0 Å². The lowest BCUT2D eigenvalue weighted by Crippen LogP contribution is -2.15. The maximum atomic E-state index is 9.37. The second-order valence-corrected chi connectivity index (χ2v) is 5.96. The van der Waals surface area contributed by atoms with Crippen LogP contribution >= 0.6 is 23.1 Å². The molecule has 1 unspecified atom stereocenters. The summed E-state index contributed by atoms with van der Waals surface area (Å²) in [5.41, 5.74) is 2.43. The summed E-state index contributed by atoms with van der Waals surface area (Å²) in [7, 11) is 0. The quantitative estimate of drug-likeness (QED) is 0.278. The summed E-state index contributed by atoms with van der Waals surface area (Å²) in [6, 6.07) is 2.01. The van der Waals surface area contributed by atoms with Crippen LogP contribution < -0.4 is 11.3 Å². The Balaban J connectivity index is 2.34. The van der Waals surface area contributed by atoms with Gasteiger partial charge in [-0.2, -0.15) is 0 Å². The molecule has 6 nitrogen and oxygen atoms in total. The van der Waals surface area contributed by atoms with Crippen molar-refractivity contribution >= 4 is 39.3 Å². The average molecular weight is 286 g/mol. The smallest absolute Gasteiger partial charge is 0.239 e. The Hall–Kier alpha value is -0.930. The molecule has 2 heterocycles. The summed E-state index contributed by atoms with van der Waals surface area (Å²) in [6.07, 6.45) is -0.756. The van der Waals surface area contributed by atoms with Crippen molar-refractivity contribution in [3.63, 3.8) is 0 Å². The van der Waals surface area contributed by atoms with Crippen molar-refractivity contribution in [3.8, 4) is 0 Å². The van der Waals surface area contributed by atoms with E-state index in [4.69, 9.17) is 10.9 Å². The van der Waals surface area contributed by atoms with Gasteiger partial charge in [0.1, 0.15) is 9.86 Å². The summed E-state index contributed by atoms with van der Waals surface area (Å²) in [5, 5.41) is 19.9. The topological polar surface area (TPSA) is 104 Å². The van der Waals surface area contributed by atoms with Crippen molar-refractivity contribution in [2.45, 2.75) is 18.1 Å². The molecule has 0 saturated carbocycles. The standard InChI is InChI=1S/C10H14N4O2S2/c1-5-2-7-8(17-4-6(16)3-15)12-10(14-11)13-9(7)18-5/h2,6,15-16H,3-4,11H2,1H3,(H,12,13,14). The zero-order chi connectivity index (χ0) is 13.1. The number of aliphatic hydroxyl groups excluding tert-OH is 2. The summed E-state index contributed by atoms with van der Waals surface area (Å²) >= 11 is 2.94. The number of fused-ring (bicyclic) bond motifs is 1. The van der Waals surface area contributed by atoms with Crippen LogP contribution in [0, 0.1) is 6.92 Å². The third kappa shape index (κ3) is 2.90. The Morgan fingerprint density at radius 3 is 3.00 bits per heavy atom.